The molecule has 0 heterocycles. The van der Waals surface area contributed by atoms with E-state index in [1.165, 1.54) is 0 Å². The molecule has 2 amide bonds. The minimum Gasteiger partial charge on any atom is -0.325 e. The topological polar surface area (TPSA) is 32.3 Å². The summed E-state index contributed by atoms with van der Waals surface area (Å²) < 4.78 is 0. The van der Waals surface area contributed by atoms with Crippen molar-refractivity contribution in [3.8, 4) is 0 Å². The predicted octanol–water partition coefficient (Wildman–Crippen LogP) is 4.65. The molecule has 3 nitrogen and oxygen atoms in total. The van der Waals surface area contributed by atoms with Crippen molar-refractivity contribution in [1.29, 1.82) is 0 Å². The van der Waals surface area contributed by atoms with E-state index in [1.807, 2.05) is 13.8 Å². The molecule has 5 heteroatoms. The molecule has 100 valence electrons. The Bertz CT molecular complexity index is 384. The normalized spacial score (nSPS) is 10.2. The van der Waals surface area contributed by atoms with Gasteiger partial charge in [-0.25, -0.2) is 4.79 Å². The highest BCUT2D eigenvalue weighted by Crippen LogP contribution is 2.22. The molecule has 0 unspecified atom stereocenters. The van der Waals surface area contributed by atoms with E-state index in [0.29, 0.717) is 15.7 Å². The third kappa shape index (κ3) is 4.75. The van der Waals surface area contributed by atoms with Gasteiger partial charge in [0.15, 0.2) is 0 Å². The molecule has 1 aromatic carbocycles. The van der Waals surface area contributed by atoms with Crippen molar-refractivity contribution in [2.24, 2.45) is 0 Å². The first kappa shape index (κ1) is 15.1. The van der Waals surface area contributed by atoms with Gasteiger partial charge in [0.1, 0.15) is 0 Å². The van der Waals surface area contributed by atoms with Crippen molar-refractivity contribution in [2.75, 3.05) is 18.4 Å². The summed E-state index contributed by atoms with van der Waals surface area (Å²) in [7, 11) is 0. The van der Waals surface area contributed by atoms with Gasteiger partial charge in [-0.05, 0) is 31.0 Å². The molecule has 0 bridgehead atoms. The lowest BCUT2D eigenvalue weighted by Gasteiger charge is -2.22. The van der Waals surface area contributed by atoms with Crippen molar-refractivity contribution in [1.82, 2.24) is 4.90 Å². The fraction of sp³-hybridized carbons (Fsp3) is 0.462. The Hall–Kier alpha value is -0.930. The van der Waals surface area contributed by atoms with Gasteiger partial charge in [0.2, 0.25) is 0 Å². The molecular weight excluding hydrogens is 271 g/mol. The summed E-state index contributed by atoms with van der Waals surface area (Å²) in [6.07, 6.45) is 1.87. The Morgan fingerprint density at radius 1 is 1.11 bits per heavy atom. The SMILES string of the molecule is CCCN(CCC)C(=O)Nc1cc(Cl)cc(Cl)c1. The Morgan fingerprint density at radius 3 is 2.06 bits per heavy atom. The lowest BCUT2D eigenvalue weighted by atomic mass is 10.3. The Kier molecular flexibility index (Phi) is 6.30. The molecule has 0 atom stereocenters. The van der Waals surface area contributed by atoms with E-state index in [2.05, 4.69) is 5.32 Å². The smallest absolute Gasteiger partial charge is 0.321 e. The first-order chi connectivity index (χ1) is 8.56. The van der Waals surface area contributed by atoms with Crippen LogP contribution >= 0.6 is 23.2 Å². The van der Waals surface area contributed by atoms with Crippen LogP contribution in [0.2, 0.25) is 10.0 Å². The number of amides is 2. The van der Waals surface area contributed by atoms with Crippen LogP contribution < -0.4 is 5.32 Å². The van der Waals surface area contributed by atoms with E-state index in [0.717, 1.165) is 25.9 Å². The first-order valence-corrected chi connectivity index (χ1v) is 6.84. The predicted molar refractivity (Wildman–Crippen MR) is 77.6 cm³/mol. The molecule has 1 rings (SSSR count). The van der Waals surface area contributed by atoms with E-state index in [4.69, 9.17) is 23.2 Å². The van der Waals surface area contributed by atoms with Crippen molar-refractivity contribution < 1.29 is 4.79 Å². The zero-order valence-electron chi connectivity index (χ0n) is 10.7. The average Bonchev–Trinajstić information content (AvgIpc) is 2.27. The third-order valence-electron chi connectivity index (χ3n) is 2.39. The number of nitrogens with one attached hydrogen (secondary N) is 1. The second-order valence-electron chi connectivity index (χ2n) is 4.08. The number of nitrogens with zero attached hydrogens (tertiary/aromatic N) is 1. The highest BCUT2D eigenvalue weighted by atomic mass is 35.5. The molecule has 18 heavy (non-hydrogen) atoms. The van der Waals surface area contributed by atoms with Gasteiger partial charge >= 0.3 is 6.03 Å². The standard InChI is InChI=1S/C13H18Cl2N2O/c1-3-5-17(6-4-2)13(18)16-12-8-10(14)7-11(15)9-12/h7-9H,3-6H2,1-2H3,(H,16,18). The van der Waals surface area contributed by atoms with Gasteiger partial charge in [-0.3, -0.25) is 0 Å². The van der Waals surface area contributed by atoms with Gasteiger partial charge in [-0.1, -0.05) is 37.0 Å². The van der Waals surface area contributed by atoms with Crippen LogP contribution in [-0.4, -0.2) is 24.0 Å². The highest BCUT2D eigenvalue weighted by Gasteiger charge is 2.12. The molecule has 1 N–H and O–H groups in total. The van der Waals surface area contributed by atoms with Gasteiger partial charge in [0.25, 0.3) is 0 Å². The van der Waals surface area contributed by atoms with Crippen LogP contribution in [0, 0.1) is 0 Å². The summed E-state index contributed by atoms with van der Waals surface area (Å²) in [6, 6.07) is 4.88. The van der Waals surface area contributed by atoms with Gasteiger partial charge in [0.05, 0.1) is 0 Å². The fourth-order valence-electron chi connectivity index (χ4n) is 1.68. The first-order valence-electron chi connectivity index (χ1n) is 6.08. The number of carbonyl (C=O) groups excluding carboxylic acids is 1. The number of rotatable bonds is 5. The van der Waals surface area contributed by atoms with Crippen molar-refractivity contribution in [3.05, 3.63) is 28.2 Å². The summed E-state index contributed by atoms with van der Waals surface area (Å²) in [6.45, 7) is 5.58. The monoisotopic (exact) mass is 288 g/mol. The Labute approximate surface area is 118 Å². The zero-order valence-corrected chi connectivity index (χ0v) is 12.2. The summed E-state index contributed by atoms with van der Waals surface area (Å²) in [4.78, 5) is 13.8. The molecule has 0 aliphatic carbocycles. The van der Waals surface area contributed by atoms with E-state index >= 15 is 0 Å². The minimum atomic E-state index is -0.114. The van der Waals surface area contributed by atoms with Gasteiger partial charge in [0, 0.05) is 28.8 Å². The molecular formula is C13H18Cl2N2O. The van der Waals surface area contributed by atoms with Crippen LogP contribution in [-0.2, 0) is 0 Å². The molecule has 1 aromatic rings. The van der Waals surface area contributed by atoms with Crippen LogP contribution in [0.1, 0.15) is 26.7 Å². The summed E-state index contributed by atoms with van der Waals surface area (Å²) in [5, 5.41) is 3.83. The van der Waals surface area contributed by atoms with E-state index < -0.39 is 0 Å². The Morgan fingerprint density at radius 2 is 1.61 bits per heavy atom. The molecule has 0 aliphatic heterocycles. The summed E-state index contributed by atoms with van der Waals surface area (Å²) in [5.41, 5.74) is 0.620. The number of anilines is 1. The number of halogens is 2. The summed E-state index contributed by atoms with van der Waals surface area (Å²) in [5.74, 6) is 0. The van der Waals surface area contributed by atoms with E-state index in [1.54, 1.807) is 23.1 Å². The van der Waals surface area contributed by atoms with Crippen molar-refractivity contribution in [2.45, 2.75) is 26.7 Å². The minimum absolute atomic E-state index is 0.114. The summed E-state index contributed by atoms with van der Waals surface area (Å²) >= 11 is 11.8. The van der Waals surface area contributed by atoms with Gasteiger partial charge in [-0.15, -0.1) is 0 Å². The average molecular weight is 289 g/mol. The second-order valence-corrected chi connectivity index (χ2v) is 4.95. The van der Waals surface area contributed by atoms with Gasteiger partial charge in [-0.2, -0.15) is 0 Å². The highest BCUT2D eigenvalue weighted by molar-refractivity contribution is 6.35. The fourth-order valence-corrected chi connectivity index (χ4v) is 2.21. The maximum Gasteiger partial charge on any atom is 0.321 e. The number of hydrogen-bond acceptors (Lipinski definition) is 1. The largest absolute Gasteiger partial charge is 0.325 e. The molecule has 0 saturated carbocycles. The van der Waals surface area contributed by atoms with Crippen LogP contribution in [0.25, 0.3) is 0 Å². The van der Waals surface area contributed by atoms with E-state index in [9.17, 15) is 4.79 Å². The van der Waals surface area contributed by atoms with Crippen LogP contribution in [0.3, 0.4) is 0 Å². The maximum atomic E-state index is 12.0. The molecule has 0 radical (unpaired) electrons. The number of urea groups is 1. The van der Waals surface area contributed by atoms with Crippen molar-refractivity contribution >= 4 is 34.9 Å². The quantitative estimate of drug-likeness (QED) is 0.841. The van der Waals surface area contributed by atoms with Crippen molar-refractivity contribution in [3.63, 3.8) is 0 Å². The lowest BCUT2D eigenvalue weighted by Crippen LogP contribution is -2.36. The van der Waals surface area contributed by atoms with E-state index in [-0.39, 0.29) is 6.03 Å². The number of carbonyl (C=O) groups is 1. The lowest BCUT2D eigenvalue weighted by molar-refractivity contribution is 0.211. The van der Waals surface area contributed by atoms with Crippen LogP contribution in [0.5, 0.6) is 0 Å². The Balaban J connectivity index is 2.72. The molecule has 0 fully saturated rings. The van der Waals surface area contributed by atoms with Crippen LogP contribution in [0.15, 0.2) is 18.2 Å². The third-order valence-corrected chi connectivity index (χ3v) is 2.82. The molecule has 0 saturated heterocycles. The number of hydrogen-bond donors (Lipinski definition) is 1. The zero-order chi connectivity index (χ0) is 13.5. The second kappa shape index (κ2) is 7.49. The van der Waals surface area contributed by atoms with Gasteiger partial charge < -0.3 is 10.2 Å². The maximum absolute atomic E-state index is 12.0. The number of benzene rings is 1. The molecule has 0 spiro atoms. The molecule has 0 aliphatic rings. The van der Waals surface area contributed by atoms with Crippen LogP contribution in [0.4, 0.5) is 10.5 Å². The molecule has 0 aromatic heterocycles.